The minimum Gasteiger partial charge on any atom is -0.345 e. The highest BCUT2D eigenvalue weighted by Crippen LogP contribution is 2.17. The monoisotopic (exact) mass is 340 g/mol. The quantitative estimate of drug-likeness (QED) is 0.627. The van der Waals surface area contributed by atoms with E-state index in [0.717, 1.165) is 0 Å². The zero-order valence-corrected chi connectivity index (χ0v) is 14.1. The van der Waals surface area contributed by atoms with Crippen molar-refractivity contribution in [1.29, 1.82) is 5.26 Å². The van der Waals surface area contributed by atoms with E-state index in [4.69, 9.17) is 16.9 Å². The molecule has 122 valence electrons. The number of aromatic nitrogens is 1. The summed E-state index contributed by atoms with van der Waals surface area (Å²) in [5, 5.41) is 15.2. The normalized spacial score (nSPS) is 11.0. The topological polar surface area (TPSA) is 77.8 Å². The summed E-state index contributed by atoms with van der Waals surface area (Å²) in [6.45, 7) is 4.20. The van der Waals surface area contributed by atoms with Crippen LogP contribution in [0.1, 0.15) is 25.3 Å². The minimum atomic E-state index is -0.490. The van der Waals surface area contributed by atoms with Crippen LogP contribution < -0.4 is 10.6 Å². The predicted octanol–water partition coefficient (Wildman–Crippen LogP) is 4.32. The van der Waals surface area contributed by atoms with Gasteiger partial charge in [0.2, 0.25) is 0 Å². The van der Waals surface area contributed by atoms with E-state index in [0.29, 0.717) is 22.4 Å². The molecule has 0 aliphatic rings. The molecule has 1 aromatic heterocycles. The van der Waals surface area contributed by atoms with E-state index in [1.807, 2.05) is 30.3 Å². The summed E-state index contributed by atoms with van der Waals surface area (Å²) in [6.07, 6.45) is 2.79. The standard InChI is InChI=1S/C18H17ClN4O/c1-12(2)13-3-6-16(7-4-13)23-18(24)14(9-20)10-21-17-8-5-15(19)11-22-17/h3-8,10-12H,1-2H3,(H,21,22)(H,23,24)/b14-10-. The lowest BCUT2D eigenvalue weighted by Gasteiger charge is -2.08. The molecule has 0 radical (unpaired) electrons. The zero-order chi connectivity index (χ0) is 17.5. The fraction of sp³-hybridized carbons (Fsp3) is 0.167. The number of nitriles is 1. The molecule has 1 aromatic carbocycles. The fourth-order valence-corrected chi connectivity index (χ4v) is 2.02. The van der Waals surface area contributed by atoms with Crippen molar-refractivity contribution < 1.29 is 4.79 Å². The molecule has 0 aliphatic carbocycles. The Kier molecular flexibility index (Phi) is 5.94. The van der Waals surface area contributed by atoms with Gasteiger partial charge in [-0.2, -0.15) is 5.26 Å². The van der Waals surface area contributed by atoms with Gasteiger partial charge in [-0.25, -0.2) is 4.98 Å². The van der Waals surface area contributed by atoms with E-state index < -0.39 is 5.91 Å². The number of carbonyl (C=O) groups excluding carboxylic acids is 1. The molecule has 0 unspecified atom stereocenters. The smallest absolute Gasteiger partial charge is 0.267 e. The predicted molar refractivity (Wildman–Crippen MR) is 95.7 cm³/mol. The first-order chi connectivity index (χ1) is 11.5. The number of nitrogens with zero attached hydrogens (tertiary/aromatic N) is 2. The summed E-state index contributed by atoms with van der Waals surface area (Å²) in [6, 6.07) is 12.7. The number of benzene rings is 1. The number of pyridine rings is 1. The van der Waals surface area contributed by atoms with Gasteiger partial charge in [0.05, 0.1) is 5.02 Å². The van der Waals surface area contributed by atoms with Gasteiger partial charge in [-0.15, -0.1) is 0 Å². The number of carbonyl (C=O) groups is 1. The fourth-order valence-electron chi connectivity index (χ4n) is 1.91. The lowest BCUT2D eigenvalue weighted by Crippen LogP contribution is -2.14. The third-order valence-electron chi connectivity index (χ3n) is 3.29. The number of amides is 1. The van der Waals surface area contributed by atoms with E-state index in [1.54, 1.807) is 12.1 Å². The molecule has 24 heavy (non-hydrogen) atoms. The van der Waals surface area contributed by atoms with Crippen LogP contribution in [0, 0.1) is 11.3 Å². The van der Waals surface area contributed by atoms with Crippen LogP contribution in [0.25, 0.3) is 0 Å². The third-order valence-corrected chi connectivity index (χ3v) is 3.52. The number of halogens is 1. The molecule has 0 fully saturated rings. The van der Waals surface area contributed by atoms with Crippen LogP contribution in [-0.4, -0.2) is 10.9 Å². The Morgan fingerprint density at radius 3 is 2.50 bits per heavy atom. The maximum atomic E-state index is 12.2. The van der Waals surface area contributed by atoms with Gasteiger partial charge >= 0.3 is 0 Å². The number of anilines is 2. The average molecular weight is 341 g/mol. The molecule has 0 aliphatic heterocycles. The van der Waals surface area contributed by atoms with Gasteiger partial charge in [-0.3, -0.25) is 4.79 Å². The van der Waals surface area contributed by atoms with Gasteiger partial charge in [0.15, 0.2) is 0 Å². The van der Waals surface area contributed by atoms with E-state index in [9.17, 15) is 4.79 Å². The Balaban J connectivity index is 2.04. The van der Waals surface area contributed by atoms with Crippen LogP contribution >= 0.6 is 11.6 Å². The van der Waals surface area contributed by atoms with Crippen LogP contribution in [-0.2, 0) is 4.79 Å². The van der Waals surface area contributed by atoms with E-state index >= 15 is 0 Å². The number of nitrogens with one attached hydrogen (secondary N) is 2. The molecule has 0 saturated heterocycles. The average Bonchev–Trinajstić information content (AvgIpc) is 2.57. The molecule has 2 N–H and O–H groups in total. The summed E-state index contributed by atoms with van der Waals surface area (Å²) in [5.74, 6) is 0.415. The van der Waals surface area contributed by atoms with E-state index in [2.05, 4.69) is 29.5 Å². The first-order valence-electron chi connectivity index (χ1n) is 7.39. The Hall–Kier alpha value is -2.84. The lowest BCUT2D eigenvalue weighted by atomic mass is 10.0. The maximum Gasteiger partial charge on any atom is 0.267 e. The summed E-state index contributed by atoms with van der Waals surface area (Å²) in [4.78, 5) is 16.2. The van der Waals surface area contributed by atoms with Crippen molar-refractivity contribution in [2.75, 3.05) is 10.6 Å². The number of hydrogen-bond acceptors (Lipinski definition) is 4. The van der Waals surface area contributed by atoms with Crippen molar-refractivity contribution in [1.82, 2.24) is 4.98 Å². The Morgan fingerprint density at radius 2 is 1.96 bits per heavy atom. The van der Waals surface area contributed by atoms with Gasteiger partial charge in [0.25, 0.3) is 5.91 Å². The molecule has 6 heteroatoms. The Bertz CT molecular complexity index is 774. The summed E-state index contributed by atoms with van der Waals surface area (Å²) in [5.41, 5.74) is 1.76. The van der Waals surface area contributed by atoms with Crippen molar-refractivity contribution in [3.63, 3.8) is 0 Å². The highest BCUT2D eigenvalue weighted by Gasteiger charge is 2.09. The second-order valence-electron chi connectivity index (χ2n) is 5.41. The highest BCUT2D eigenvalue weighted by atomic mass is 35.5. The van der Waals surface area contributed by atoms with Crippen LogP contribution in [0.15, 0.2) is 54.4 Å². The lowest BCUT2D eigenvalue weighted by molar-refractivity contribution is -0.112. The van der Waals surface area contributed by atoms with Gasteiger partial charge in [0, 0.05) is 18.1 Å². The second-order valence-corrected chi connectivity index (χ2v) is 5.84. The molecule has 2 rings (SSSR count). The third kappa shape index (κ3) is 4.83. The van der Waals surface area contributed by atoms with Crippen LogP contribution in [0.5, 0.6) is 0 Å². The Labute approximate surface area is 146 Å². The molecule has 5 nitrogen and oxygen atoms in total. The van der Waals surface area contributed by atoms with Crippen molar-refractivity contribution in [2.24, 2.45) is 0 Å². The largest absolute Gasteiger partial charge is 0.345 e. The second kappa shape index (κ2) is 8.14. The SMILES string of the molecule is CC(C)c1ccc(NC(=O)/C(C#N)=C\Nc2ccc(Cl)cn2)cc1. The summed E-state index contributed by atoms with van der Waals surface area (Å²) < 4.78 is 0. The maximum absolute atomic E-state index is 12.2. The van der Waals surface area contributed by atoms with Crippen molar-refractivity contribution in [3.8, 4) is 6.07 Å². The van der Waals surface area contributed by atoms with Crippen LogP contribution in [0.3, 0.4) is 0 Å². The molecule has 1 heterocycles. The molecule has 0 bridgehead atoms. The van der Waals surface area contributed by atoms with Crippen molar-refractivity contribution in [2.45, 2.75) is 19.8 Å². The minimum absolute atomic E-state index is 0.0558. The molecular formula is C18H17ClN4O. The van der Waals surface area contributed by atoms with Crippen molar-refractivity contribution >= 4 is 29.0 Å². The zero-order valence-electron chi connectivity index (χ0n) is 13.4. The van der Waals surface area contributed by atoms with Crippen LogP contribution in [0.4, 0.5) is 11.5 Å². The van der Waals surface area contributed by atoms with Crippen molar-refractivity contribution in [3.05, 3.63) is 65.0 Å². The molecule has 0 atom stereocenters. The van der Waals surface area contributed by atoms with Crippen LogP contribution in [0.2, 0.25) is 5.02 Å². The van der Waals surface area contributed by atoms with Gasteiger partial charge in [-0.05, 0) is 35.7 Å². The summed E-state index contributed by atoms with van der Waals surface area (Å²) in [7, 11) is 0. The van der Waals surface area contributed by atoms with Gasteiger partial charge < -0.3 is 10.6 Å². The molecular weight excluding hydrogens is 324 g/mol. The molecule has 0 spiro atoms. The van der Waals surface area contributed by atoms with E-state index in [-0.39, 0.29) is 5.57 Å². The first-order valence-corrected chi connectivity index (χ1v) is 7.77. The first kappa shape index (κ1) is 17.5. The van der Waals surface area contributed by atoms with E-state index in [1.165, 1.54) is 18.0 Å². The highest BCUT2D eigenvalue weighted by molar-refractivity contribution is 6.30. The Morgan fingerprint density at radius 1 is 1.25 bits per heavy atom. The number of hydrogen-bond donors (Lipinski definition) is 2. The molecule has 2 aromatic rings. The number of rotatable bonds is 5. The summed E-state index contributed by atoms with van der Waals surface area (Å²) >= 11 is 5.75. The van der Waals surface area contributed by atoms with Gasteiger partial charge in [0.1, 0.15) is 17.5 Å². The molecule has 0 saturated carbocycles. The van der Waals surface area contributed by atoms with Gasteiger partial charge in [-0.1, -0.05) is 37.6 Å². The molecule has 1 amide bonds.